The zero-order valence-electron chi connectivity index (χ0n) is 4.85. The van der Waals surface area contributed by atoms with Crippen LogP contribution in [0.2, 0.25) is 0 Å². The maximum Gasteiger partial charge on any atom is 0.348 e. The predicted molar refractivity (Wildman–Crippen MR) is 26.5 cm³/mol. The third-order valence-electron chi connectivity index (χ3n) is 0.998. The van der Waals surface area contributed by atoms with Crippen LogP contribution in [0.4, 0.5) is 13.2 Å². The van der Waals surface area contributed by atoms with E-state index in [1.165, 1.54) is 0 Å². The van der Waals surface area contributed by atoms with Crippen molar-refractivity contribution in [1.82, 2.24) is 0 Å². The van der Waals surface area contributed by atoms with Crippen molar-refractivity contribution in [2.24, 2.45) is 5.73 Å². The second-order valence-corrected chi connectivity index (χ2v) is 1.67. The Morgan fingerprint density at radius 3 is 2.10 bits per heavy atom. The fraction of sp³-hybridized carbons (Fsp3) is 0.750. The van der Waals surface area contributed by atoms with E-state index < -0.39 is 24.6 Å². The first-order valence-electron chi connectivity index (χ1n) is 2.35. The molecule has 6 heteroatoms. The molecule has 0 saturated carbocycles. The lowest BCUT2D eigenvalue weighted by molar-refractivity contribution is -0.161. The van der Waals surface area contributed by atoms with Crippen LogP contribution in [0.1, 0.15) is 0 Å². The molecule has 0 aromatic rings. The van der Waals surface area contributed by atoms with Gasteiger partial charge < -0.3 is 10.8 Å². The van der Waals surface area contributed by atoms with Crippen LogP contribution in [0.15, 0.2) is 0 Å². The molecule has 60 valence electrons. The minimum absolute atomic E-state index is 1.22. The zero-order valence-corrected chi connectivity index (χ0v) is 4.85. The molecular formula is C4H6F3NO2. The highest BCUT2D eigenvalue weighted by Gasteiger charge is 2.47. The Morgan fingerprint density at radius 1 is 1.70 bits per heavy atom. The Hall–Kier alpha value is -0.780. The number of aliphatic carboxylic acids is 1. The molecule has 0 fully saturated rings. The lowest BCUT2D eigenvalue weighted by atomic mass is 10.1. The van der Waals surface area contributed by atoms with E-state index in [4.69, 9.17) is 5.11 Å². The summed E-state index contributed by atoms with van der Waals surface area (Å²) in [5.74, 6) is -2.23. The maximum atomic E-state index is 12.3. The Bertz CT molecular complexity index is 140. The van der Waals surface area contributed by atoms with Crippen molar-refractivity contribution in [2.75, 3.05) is 6.54 Å². The van der Waals surface area contributed by atoms with Crippen LogP contribution in [0.5, 0.6) is 0 Å². The quantitative estimate of drug-likeness (QED) is 0.606. The van der Waals surface area contributed by atoms with Crippen molar-refractivity contribution in [1.29, 1.82) is 0 Å². The number of carboxylic acids is 1. The second-order valence-electron chi connectivity index (χ2n) is 1.67. The zero-order chi connectivity index (χ0) is 8.36. The largest absolute Gasteiger partial charge is 0.479 e. The monoisotopic (exact) mass is 157 g/mol. The highest BCUT2D eigenvalue weighted by molar-refractivity contribution is 5.78. The molecular weight excluding hydrogens is 151 g/mol. The minimum Gasteiger partial charge on any atom is -0.479 e. The molecule has 0 heterocycles. The minimum atomic E-state index is -3.60. The van der Waals surface area contributed by atoms with E-state index in [1.807, 2.05) is 0 Å². The summed E-state index contributed by atoms with van der Waals surface area (Å²) >= 11 is 0. The van der Waals surface area contributed by atoms with E-state index in [0.717, 1.165) is 0 Å². The molecule has 0 aromatic heterocycles. The lowest BCUT2D eigenvalue weighted by Crippen LogP contribution is -2.47. The lowest BCUT2D eigenvalue weighted by Gasteiger charge is -2.16. The van der Waals surface area contributed by atoms with Gasteiger partial charge in [-0.1, -0.05) is 0 Å². The van der Waals surface area contributed by atoms with Crippen molar-refractivity contribution in [3.8, 4) is 0 Å². The number of carbonyl (C=O) groups is 1. The standard InChI is InChI=1S/C4H6F3NO2/c5-2(6)4(7,1-8)3(9)10/h2H,1,8H2,(H,9,10). The van der Waals surface area contributed by atoms with E-state index in [1.54, 1.807) is 0 Å². The molecule has 0 spiro atoms. The first-order valence-corrected chi connectivity index (χ1v) is 2.35. The van der Waals surface area contributed by atoms with E-state index in [-0.39, 0.29) is 0 Å². The summed E-state index contributed by atoms with van der Waals surface area (Å²) in [5, 5.41) is 7.87. The second kappa shape index (κ2) is 2.87. The summed E-state index contributed by atoms with van der Waals surface area (Å²) in [6.07, 6.45) is -3.59. The van der Waals surface area contributed by atoms with Crippen LogP contribution in [-0.2, 0) is 4.79 Å². The summed E-state index contributed by atoms with van der Waals surface area (Å²) in [5.41, 5.74) is 0.876. The van der Waals surface area contributed by atoms with Gasteiger partial charge in [0.15, 0.2) is 0 Å². The molecule has 0 rings (SSSR count). The van der Waals surface area contributed by atoms with Gasteiger partial charge in [-0.25, -0.2) is 18.0 Å². The topological polar surface area (TPSA) is 63.3 Å². The smallest absolute Gasteiger partial charge is 0.348 e. The summed E-state index contributed by atoms with van der Waals surface area (Å²) in [7, 11) is 0. The van der Waals surface area contributed by atoms with Crippen LogP contribution >= 0.6 is 0 Å². The molecule has 1 unspecified atom stereocenters. The van der Waals surface area contributed by atoms with E-state index in [2.05, 4.69) is 5.73 Å². The van der Waals surface area contributed by atoms with Crippen molar-refractivity contribution < 1.29 is 23.1 Å². The molecule has 10 heavy (non-hydrogen) atoms. The Labute approximate surface area is 54.6 Å². The molecule has 1 atom stereocenters. The number of halogens is 3. The van der Waals surface area contributed by atoms with Crippen LogP contribution < -0.4 is 5.73 Å². The molecule has 0 radical (unpaired) electrons. The number of hydrogen-bond acceptors (Lipinski definition) is 2. The number of rotatable bonds is 3. The first kappa shape index (κ1) is 9.22. The number of hydrogen-bond donors (Lipinski definition) is 2. The van der Waals surface area contributed by atoms with Gasteiger partial charge in [0.25, 0.3) is 12.1 Å². The van der Waals surface area contributed by atoms with E-state index in [9.17, 15) is 18.0 Å². The summed E-state index contributed by atoms with van der Waals surface area (Å²) in [4.78, 5) is 9.76. The van der Waals surface area contributed by atoms with Gasteiger partial charge in [-0.05, 0) is 0 Å². The van der Waals surface area contributed by atoms with Gasteiger partial charge in [-0.15, -0.1) is 0 Å². The van der Waals surface area contributed by atoms with E-state index >= 15 is 0 Å². The van der Waals surface area contributed by atoms with Gasteiger partial charge in [0.1, 0.15) is 0 Å². The van der Waals surface area contributed by atoms with Gasteiger partial charge in [0.2, 0.25) is 0 Å². The molecule has 0 bridgehead atoms. The Balaban J connectivity index is 4.38. The molecule has 3 nitrogen and oxygen atoms in total. The predicted octanol–water partition coefficient (Wildman–Crippen LogP) is 0.00310. The van der Waals surface area contributed by atoms with Crippen molar-refractivity contribution in [2.45, 2.75) is 12.1 Å². The number of alkyl halides is 3. The Kier molecular flexibility index (Phi) is 2.65. The molecule has 0 aliphatic heterocycles. The van der Waals surface area contributed by atoms with Crippen molar-refractivity contribution in [3.63, 3.8) is 0 Å². The summed E-state index contributed by atoms with van der Waals surface area (Å²) in [6, 6.07) is 0. The molecule has 0 aliphatic carbocycles. The van der Waals surface area contributed by atoms with Gasteiger partial charge in [-0.3, -0.25) is 0 Å². The number of carboxylic acid groups (broad SMARTS) is 1. The van der Waals surface area contributed by atoms with Crippen LogP contribution in [0.3, 0.4) is 0 Å². The highest BCUT2D eigenvalue weighted by Crippen LogP contribution is 2.19. The average Bonchev–Trinajstić information content (AvgIpc) is 1.85. The molecule has 0 saturated heterocycles. The highest BCUT2D eigenvalue weighted by atomic mass is 19.3. The molecule has 0 aliphatic rings. The molecule has 0 amide bonds. The average molecular weight is 157 g/mol. The first-order chi connectivity index (χ1) is 4.45. The van der Waals surface area contributed by atoms with E-state index in [0.29, 0.717) is 0 Å². The van der Waals surface area contributed by atoms with Crippen LogP contribution in [0, 0.1) is 0 Å². The van der Waals surface area contributed by atoms with Gasteiger partial charge >= 0.3 is 5.97 Å². The SMILES string of the molecule is NCC(F)(C(=O)O)C(F)F. The van der Waals surface area contributed by atoms with Crippen molar-refractivity contribution >= 4 is 5.97 Å². The van der Waals surface area contributed by atoms with Crippen LogP contribution in [-0.4, -0.2) is 29.7 Å². The van der Waals surface area contributed by atoms with Gasteiger partial charge in [-0.2, -0.15) is 0 Å². The molecule has 3 N–H and O–H groups in total. The maximum absolute atomic E-state index is 12.3. The number of nitrogens with two attached hydrogens (primary N) is 1. The third kappa shape index (κ3) is 1.38. The summed E-state index contributed by atoms with van der Waals surface area (Å²) < 4.78 is 35.3. The van der Waals surface area contributed by atoms with Crippen molar-refractivity contribution in [3.05, 3.63) is 0 Å². The fourth-order valence-corrected chi connectivity index (χ4v) is 0.270. The molecule has 0 aromatic carbocycles. The van der Waals surface area contributed by atoms with Gasteiger partial charge in [0, 0.05) is 6.54 Å². The fourth-order valence-electron chi connectivity index (χ4n) is 0.270. The van der Waals surface area contributed by atoms with Crippen LogP contribution in [0.25, 0.3) is 0 Å². The van der Waals surface area contributed by atoms with Gasteiger partial charge in [0.05, 0.1) is 0 Å². The third-order valence-corrected chi connectivity index (χ3v) is 0.998. The summed E-state index contributed by atoms with van der Waals surface area (Å²) in [6.45, 7) is -1.22. The normalized spacial score (nSPS) is 16.9. The Morgan fingerprint density at radius 2 is 2.10 bits per heavy atom.